The maximum atomic E-state index is 12.8. The van der Waals surface area contributed by atoms with E-state index in [-0.39, 0.29) is 18.0 Å². The molecule has 3 nitrogen and oxygen atoms in total. The lowest BCUT2D eigenvalue weighted by Gasteiger charge is -2.28. The highest BCUT2D eigenvalue weighted by Gasteiger charge is 2.37. The van der Waals surface area contributed by atoms with E-state index in [9.17, 15) is 4.79 Å². The van der Waals surface area contributed by atoms with Crippen LogP contribution in [0.4, 0.5) is 0 Å². The van der Waals surface area contributed by atoms with Gasteiger partial charge in [0.15, 0.2) is 0 Å². The molecule has 0 radical (unpaired) electrons. The van der Waals surface area contributed by atoms with Crippen molar-refractivity contribution in [3.8, 4) is 0 Å². The van der Waals surface area contributed by atoms with Gasteiger partial charge in [0.2, 0.25) is 0 Å². The number of rotatable bonds is 4. The minimum atomic E-state index is -0.113. The summed E-state index contributed by atoms with van der Waals surface area (Å²) in [6.45, 7) is 1.97. The fourth-order valence-corrected chi connectivity index (χ4v) is 3.03. The predicted octanol–water partition coefficient (Wildman–Crippen LogP) is 4.95. The number of carbonyl (C=O) groups is 1. The maximum Gasteiger partial charge on any atom is 0.254 e. The molecule has 2 aromatic rings. The molecule has 0 N–H and O–H groups in total. The van der Waals surface area contributed by atoms with E-state index < -0.39 is 0 Å². The third-order valence-corrected chi connectivity index (χ3v) is 4.09. The Morgan fingerprint density at radius 3 is 2.48 bits per heavy atom. The van der Waals surface area contributed by atoms with Gasteiger partial charge in [0.1, 0.15) is 5.76 Å². The van der Waals surface area contributed by atoms with Crippen LogP contribution in [-0.4, -0.2) is 16.8 Å². The molecule has 0 bridgehead atoms. The van der Waals surface area contributed by atoms with E-state index in [1.165, 1.54) is 0 Å². The SMILES string of the molecule is CC(c1ccco1)N(C(=O)c1cc(Cl)cc(Cl)c1)C1CC1. The van der Waals surface area contributed by atoms with Crippen molar-refractivity contribution in [1.82, 2.24) is 4.90 Å². The van der Waals surface area contributed by atoms with Gasteiger partial charge in [0, 0.05) is 21.7 Å². The van der Waals surface area contributed by atoms with Crippen molar-refractivity contribution in [2.24, 2.45) is 0 Å². The summed E-state index contributed by atoms with van der Waals surface area (Å²) >= 11 is 12.0. The second kappa shape index (κ2) is 5.74. The van der Waals surface area contributed by atoms with Crippen LogP contribution in [0, 0.1) is 0 Å². The molecule has 1 aromatic carbocycles. The number of carbonyl (C=O) groups excluding carboxylic acids is 1. The number of amides is 1. The van der Waals surface area contributed by atoms with E-state index in [4.69, 9.17) is 27.6 Å². The minimum absolute atomic E-state index is 0.0641. The first-order valence-electron chi connectivity index (χ1n) is 6.88. The molecule has 0 spiro atoms. The standard InChI is InChI=1S/C16H15Cl2NO2/c1-10(15-3-2-6-21-15)19(14-4-5-14)16(20)11-7-12(17)9-13(18)8-11/h2-3,6-10,14H,4-5H2,1H3. The third kappa shape index (κ3) is 3.09. The van der Waals surface area contributed by atoms with E-state index in [2.05, 4.69) is 0 Å². The molecule has 0 aliphatic heterocycles. The first-order valence-corrected chi connectivity index (χ1v) is 7.64. The van der Waals surface area contributed by atoms with E-state index in [1.807, 2.05) is 24.0 Å². The molecular formula is C16H15Cl2NO2. The van der Waals surface area contributed by atoms with Crippen molar-refractivity contribution >= 4 is 29.1 Å². The molecule has 3 rings (SSSR count). The zero-order chi connectivity index (χ0) is 15.0. The summed E-state index contributed by atoms with van der Waals surface area (Å²) in [5, 5.41) is 0.930. The quantitative estimate of drug-likeness (QED) is 0.797. The zero-order valence-corrected chi connectivity index (χ0v) is 13.1. The second-order valence-electron chi connectivity index (χ2n) is 5.29. The molecule has 1 amide bonds. The lowest BCUT2D eigenvalue weighted by atomic mass is 10.1. The molecular weight excluding hydrogens is 309 g/mol. The highest BCUT2D eigenvalue weighted by Crippen LogP contribution is 2.36. The van der Waals surface area contributed by atoms with E-state index in [1.54, 1.807) is 24.5 Å². The molecule has 0 saturated heterocycles. The van der Waals surface area contributed by atoms with Crippen LogP contribution in [0.5, 0.6) is 0 Å². The molecule has 5 heteroatoms. The number of hydrogen-bond donors (Lipinski definition) is 0. The van der Waals surface area contributed by atoms with Crippen LogP contribution < -0.4 is 0 Å². The van der Waals surface area contributed by atoms with Gasteiger partial charge < -0.3 is 9.32 Å². The lowest BCUT2D eigenvalue weighted by molar-refractivity contribution is 0.0652. The molecule has 1 atom stereocenters. The molecule has 21 heavy (non-hydrogen) atoms. The molecule has 110 valence electrons. The van der Waals surface area contributed by atoms with Crippen LogP contribution >= 0.6 is 23.2 Å². The average Bonchev–Trinajstić information content (AvgIpc) is 3.10. The smallest absolute Gasteiger partial charge is 0.254 e. The molecule has 1 unspecified atom stereocenters. The Labute approximate surface area is 133 Å². The monoisotopic (exact) mass is 323 g/mol. The van der Waals surface area contributed by atoms with E-state index >= 15 is 0 Å². The number of halogens is 2. The maximum absolute atomic E-state index is 12.8. The van der Waals surface area contributed by atoms with Gasteiger partial charge in [0.05, 0.1) is 12.3 Å². The van der Waals surface area contributed by atoms with Gasteiger partial charge in [-0.1, -0.05) is 23.2 Å². The van der Waals surface area contributed by atoms with Gasteiger partial charge in [-0.2, -0.15) is 0 Å². The van der Waals surface area contributed by atoms with E-state index in [0.29, 0.717) is 15.6 Å². The summed E-state index contributed by atoms with van der Waals surface area (Å²) in [6, 6.07) is 8.79. The number of furan rings is 1. The summed E-state index contributed by atoms with van der Waals surface area (Å²) in [5.41, 5.74) is 0.512. The van der Waals surface area contributed by atoms with Crippen molar-refractivity contribution in [2.75, 3.05) is 0 Å². The van der Waals surface area contributed by atoms with Gasteiger partial charge in [-0.05, 0) is 50.1 Å². The van der Waals surface area contributed by atoms with Crippen molar-refractivity contribution in [1.29, 1.82) is 0 Å². The number of hydrogen-bond acceptors (Lipinski definition) is 2. The summed E-state index contributed by atoms with van der Waals surface area (Å²) in [6.07, 6.45) is 3.66. The van der Waals surface area contributed by atoms with Crippen molar-refractivity contribution in [3.63, 3.8) is 0 Å². The molecule has 1 saturated carbocycles. The number of benzene rings is 1. The summed E-state index contributed by atoms with van der Waals surface area (Å²) in [7, 11) is 0. The van der Waals surface area contributed by atoms with Gasteiger partial charge in [-0.25, -0.2) is 0 Å². The minimum Gasteiger partial charge on any atom is -0.467 e. The Balaban J connectivity index is 1.92. The van der Waals surface area contributed by atoms with Gasteiger partial charge in [0.25, 0.3) is 5.91 Å². The van der Waals surface area contributed by atoms with Crippen LogP contribution in [0.15, 0.2) is 41.0 Å². The Bertz CT molecular complexity index is 630. The fourth-order valence-electron chi connectivity index (χ4n) is 2.50. The first-order chi connectivity index (χ1) is 10.1. The zero-order valence-electron chi connectivity index (χ0n) is 11.6. The normalized spacial score (nSPS) is 15.8. The first kappa shape index (κ1) is 14.5. The summed E-state index contributed by atoms with van der Waals surface area (Å²) in [4.78, 5) is 14.7. The van der Waals surface area contributed by atoms with Crippen molar-refractivity contribution in [2.45, 2.75) is 31.8 Å². The largest absolute Gasteiger partial charge is 0.467 e. The highest BCUT2D eigenvalue weighted by molar-refractivity contribution is 6.35. The van der Waals surface area contributed by atoms with E-state index in [0.717, 1.165) is 18.6 Å². The fraction of sp³-hybridized carbons (Fsp3) is 0.312. The Morgan fingerprint density at radius 2 is 1.95 bits per heavy atom. The Hall–Kier alpha value is -1.45. The highest BCUT2D eigenvalue weighted by atomic mass is 35.5. The van der Waals surface area contributed by atoms with Gasteiger partial charge in [-0.15, -0.1) is 0 Å². The molecule has 1 heterocycles. The van der Waals surface area contributed by atoms with Crippen LogP contribution in [0.1, 0.15) is 41.9 Å². The second-order valence-corrected chi connectivity index (χ2v) is 6.17. The van der Waals surface area contributed by atoms with Gasteiger partial charge >= 0.3 is 0 Å². The number of nitrogens with zero attached hydrogens (tertiary/aromatic N) is 1. The predicted molar refractivity (Wildman–Crippen MR) is 82.8 cm³/mol. The Kier molecular flexibility index (Phi) is 3.96. The third-order valence-electron chi connectivity index (χ3n) is 3.66. The average molecular weight is 324 g/mol. The Morgan fingerprint density at radius 1 is 1.29 bits per heavy atom. The summed E-state index contributed by atoms with van der Waals surface area (Å²) < 4.78 is 5.44. The van der Waals surface area contributed by atoms with Crippen LogP contribution in [-0.2, 0) is 0 Å². The molecule has 1 aliphatic rings. The topological polar surface area (TPSA) is 33.5 Å². The van der Waals surface area contributed by atoms with Crippen LogP contribution in [0.2, 0.25) is 10.0 Å². The molecule has 1 aromatic heterocycles. The van der Waals surface area contributed by atoms with Crippen LogP contribution in [0.25, 0.3) is 0 Å². The summed E-state index contributed by atoms with van der Waals surface area (Å²) in [5.74, 6) is 0.717. The molecule has 1 fully saturated rings. The van der Waals surface area contributed by atoms with Crippen molar-refractivity contribution in [3.05, 3.63) is 58.0 Å². The molecule has 1 aliphatic carbocycles. The lowest BCUT2D eigenvalue weighted by Crippen LogP contribution is -2.35. The van der Waals surface area contributed by atoms with Crippen molar-refractivity contribution < 1.29 is 9.21 Å². The van der Waals surface area contributed by atoms with Gasteiger partial charge in [-0.3, -0.25) is 4.79 Å². The van der Waals surface area contributed by atoms with Crippen LogP contribution in [0.3, 0.4) is 0 Å².